The fourth-order valence-corrected chi connectivity index (χ4v) is 3.15. The lowest BCUT2D eigenvalue weighted by molar-refractivity contribution is -0.120. The number of likely N-dealkylation sites (tertiary alicyclic amines) is 1. The second-order valence-corrected chi connectivity index (χ2v) is 6.17. The molecule has 0 bridgehead atoms. The van der Waals surface area contributed by atoms with Gasteiger partial charge in [-0.2, -0.15) is 5.10 Å². The molecule has 0 spiro atoms. The topological polar surface area (TPSA) is 90.1 Å². The number of aromatic amines is 1. The van der Waals surface area contributed by atoms with Crippen molar-refractivity contribution in [2.24, 2.45) is 0 Å². The molecule has 1 aromatic carbocycles. The number of imide groups is 1. The first-order chi connectivity index (χ1) is 12.2. The number of rotatable bonds is 6. The van der Waals surface area contributed by atoms with Gasteiger partial charge in [0, 0.05) is 25.7 Å². The van der Waals surface area contributed by atoms with Crippen molar-refractivity contribution < 1.29 is 9.59 Å². The van der Waals surface area contributed by atoms with Gasteiger partial charge in [0.05, 0.1) is 11.7 Å². The molecule has 132 valence electrons. The predicted molar refractivity (Wildman–Crippen MR) is 93.6 cm³/mol. The van der Waals surface area contributed by atoms with E-state index in [2.05, 4.69) is 25.7 Å². The minimum absolute atomic E-state index is 0.263. The molecule has 3 amide bonds. The summed E-state index contributed by atoms with van der Waals surface area (Å²) in [6.45, 7) is 1.98. The Balaban J connectivity index is 1.39. The Hall–Kier alpha value is -2.67. The predicted octanol–water partition coefficient (Wildman–Crippen LogP) is 1.96. The van der Waals surface area contributed by atoms with Crippen LogP contribution in [0.15, 0.2) is 42.6 Å². The number of H-pyrrole nitrogens is 1. The standard InChI is InChI=1S/C18H23N5O2/c24-17(21-18(25)19-13-14-5-2-1-3-6-14)9-12-23-11-4-7-16(23)15-8-10-20-22-15/h1-3,5-6,8,10,16H,4,7,9,11-13H2,(H,20,22)(H2,19,21,24,25)/t16-/m1/s1. The molecule has 3 N–H and O–H groups in total. The van der Waals surface area contributed by atoms with Crippen molar-refractivity contribution in [3.63, 3.8) is 0 Å². The molecule has 1 atom stereocenters. The Labute approximate surface area is 146 Å². The van der Waals surface area contributed by atoms with E-state index in [-0.39, 0.29) is 11.9 Å². The quantitative estimate of drug-likeness (QED) is 0.749. The molecule has 7 heteroatoms. The van der Waals surface area contributed by atoms with Crippen LogP contribution in [0.2, 0.25) is 0 Å². The summed E-state index contributed by atoms with van der Waals surface area (Å²) in [5, 5.41) is 12.1. The van der Waals surface area contributed by atoms with Gasteiger partial charge < -0.3 is 5.32 Å². The number of carbonyl (C=O) groups is 2. The Kier molecular flexibility index (Phi) is 5.79. The van der Waals surface area contributed by atoms with Crippen molar-refractivity contribution >= 4 is 11.9 Å². The third-order valence-electron chi connectivity index (χ3n) is 4.42. The van der Waals surface area contributed by atoms with Crippen LogP contribution < -0.4 is 10.6 Å². The van der Waals surface area contributed by atoms with Crippen LogP contribution in [0.5, 0.6) is 0 Å². The van der Waals surface area contributed by atoms with E-state index in [1.807, 2.05) is 36.4 Å². The van der Waals surface area contributed by atoms with Crippen LogP contribution in [0.4, 0.5) is 4.79 Å². The Bertz CT molecular complexity index is 687. The largest absolute Gasteiger partial charge is 0.334 e. The lowest BCUT2D eigenvalue weighted by atomic mass is 10.1. The highest BCUT2D eigenvalue weighted by molar-refractivity contribution is 5.94. The van der Waals surface area contributed by atoms with Crippen LogP contribution in [0.25, 0.3) is 0 Å². The maximum absolute atomic E-state index is 12.0. The van der Waals surface area contributed by atoms with Gasteiger partial charge in [0.25, 0.3) is 0 Å². The first-order valence-corrected chi connectivity index (χ1v) is 8.57. The summed E-state index contributed by atoms with van der Waals surface area (Å²) in [5.74, 6) is -0.263. The zero-order valence-electron chi connectivity index (χ0n) is 14.1. The van der Waals surface area contributed by atoms with Crippen LogP contribution in [-0.4, -0.2) is 40.1 Å². The second-order valence-electron chi connectivity index (χ2n) is 6.17. The van der Waals surface area contributed by atoms with Gasteiger partial charge in [-0.15, -0.1) is 0 Å². The summed E-state index contributed by atoms with van der Waals surface area (Å²) in [6, 6.07) is 11.4. The lowest BCUT2D eigenvalue weighted by Gasteiger charge is -2.22. The van der Waals surface area contributed by atoms with E-state index in [9.17, 15) is 9.59 Å². The minimum atomic E-state index is -0.458. The number of benzene rings is 1. The molecule has 1 aromatic heterocycles. The Morgan fingerprint density at radius 1 is 1.24 bits per heavy atom. The van der Waals surface area contributed by atoms with Gasteiger partial charge in [-0.3, -0.25) is 20.1 Å². The zero-order chi connectivity index (χ0) is 17.5. The number of nitrogens with one attached hydrogen (secondary N) is 3. The Morgan fingerprint density at radius 2 is 2.08 bits per heavy atom. The fourth-order valence-electron chi connectivity index (χ4n) is 3.15. The van der Waals surface area contributed by atoms with Crippen LogP contribution in [0, 0.1) is 0 Å². The lowest BCUT2D eigenvalue weighted by Crippen LogP contribution is -2.40. The number of nitrogens with zero attached hydrogens (tertiary/aromatic N) is 2. The molecule has 2 aromatic rings. The molecule has 1 saturated heterocycles. The molecule has 0 unspecified atom stereocenters. The third-order valence-corrected chi connectivity index (χ3v) is 4.42. The van der Waals surface area contributed by atoms with Crippen LogP contribution in [0.3, 0.4) is 0 Å². The molecule has 25 heavy (non-hydrogen) atoms. The first kappa shape index (κ1) is 17.2. The number of urea groups is 1. The summed E-state index contributed by atoms with van der Waals surface area (Å²) in [4.78, 5) is 26.1. The zero-order valence-corrected chi connectivity index (χ0v) is 14.1. The highest BCUT2D eigenvalue weighted by Crippen LogP contribution is 2.30. The maximum atomic E-state index is 12.0. The fraction of sp³-hybridized carbons (Fsp3) is 0.389. The number of amides is 3. The van der Waals surface area contributed by atoms with Gasteiger partial charge in [0.1, 0.15) is 0 Å². The summed E-state index contributed by atoms with van der Waals surface area (Å²) < 4.78 is 0. The van der Waals surface area contributed by atoms with Crippen molar-refractivity contribution in [3.8, 4) is 0 Å². The summed E-state index contributed by atoms with van der Waals surface area (Å²) in [5.41, 5.74) is 2.07. The maximum Gasteiger partial charge on any atom is 0.321 e. The monoisotopic (exact) mass is 341 g/mol. The van der Waals surface area contributed by atoms with Crippen LogP contribution >= 0.6 is 0 Å². The highest BCUT2D eigenvalue weighted by atomic mass is 16.2. The Morgan fingerprint density at radius 3 is 2.84 bits per heavy atom. The molecule has 0 radical (unpaired) electrons. The average molecular weight is 341 g/mol. The minimum Gasteiger partial charge on any atom is -0.334 e. The van der Waals surface area contributed by atoms with E-state index in [0.717, 1.165) is 30.6 Å². The van der Waals surface area contributed by atoms with E-state index in [1.54, 1.807) is 6.20 Å². The average Bonchev–Trinajstić information content (AvgIpc) is 3.30. The van der Waals surface area contributed by atoms with Crippen molar-refractivity contribution in [1.29, 1.82) is 0 Å². The third kappa shape index (κ3) is 4.90. The van der Waals surface area contributed by atoms with Crippen LogP contribution in [0.1, 0.15) is 36.6 Å². The van der Waals surface area contributed by atoms with Gasteiger partial charge in [0.15, 0.2) is 0 Å². The van der Waals surface area contributed by atoms with Gasteiger partial charge in [-0.25, -0.2) is 4.79 Å². The molecule has 1 aliphatic rings. The van der Waals surface area contributed by atoms with E-state index < -0.39 is 6.03 Å². The number of hydrogen-bond donors (Lipinski definition) is 3. The van der Waals surface area contributed by atoms with Crippen molar-refractivity contribution in [2.45, 2.75) is 31.8 Å². The highest BCUT2D eigenvalue weighted by Gasteiger charge is 2.27. The first-order valence-electron chi connectivity index (χ1n) is 8.57. The SMILES string of the molecule is O=C(CCN1CCC[C@@H]1c1ccn[nH]1)NC(=O)NCc1ccccc1. The molecule has 0 aliphatic carbocycles. The molecule has 0 saturated carbocycles. The van der Waals surface area contributed by atoms with E-state index in [4.69, 9.17) is 0 Å². The van der Waals surface area contributed by atoms with Gasteiger partial charge in [-0.05, 0) is 31.0 Å². The van der Waals surface area contributed by atoms with Gasteiger partial charge in [-0.1, -0.05) is 30.3 Å². The number of carbonyl (C=O) groups excluding carboxylic acids is 2. The molecular weight excluding hydrogens is 318 g/mol. The second kappa shape index (κ2) is 8.43. The number of aromatic nitrogens is 2. The molecule has 3 rings (SSSR count). The molecule has 1 aliphatic heterocycles. The van der Waals surface area contributed by atoms with E-state index in [0.29, 0.717) is 19.5 Å². The summed E-state index contributed by atoms with van der Waals surface area (Å²) >= 11 is 0. The summed E-state index contributed by atoms with van der Waals surface area (Å²) in [7, 11) is 0. The molecule has 1 fully saturated rings. The van der Waals surface area contributed by atoms with Crippen molar-refractivity contribution in [2.75, 3.05) is 13.1 Å². The van der Waals surface area contributed by atoms with Crippen molar-refractivity contribution in [3.05, 3.63) is 53.9 Å². The smallest absolute Gasteiger partial charge is 0.321 e. The van der Waals surface area contributed by atoms with E-state index in [1.165, 1.54) is 0 Å². The molecule has 2 heterocycles. The number of hydrogen-bond acceptors (Lipinski definition) is 4. The van der Waals surface area contributed by atoms with Gasteiger partial charge >= 0.3 is 6.03 Å². The van der Waals surface area contributed by atoms with Gasteiger partial charge in [0.2, 0.25) is 5.91 Å². The normalized spacial score (nSPS) is 17.4. The molecule has 7 nitrogen and oxygen atoms in total. The molecular formula is C18H23N5O2. The van der Waals surface area contributed by atoms with Crippen LogP contribution in [-0.2, 0) is 11.3 Å². The van der Waals surface area contributed by atoms with Crippen molar-refractivity contribution in [1.82, 2.24) is 25.7 Å². The summed E-state index contributed by atoms with van der Waals surface area (Å²) in [6.07, 6.45) is 4.20. The van der Waals surface area contributed by atoms with E-state index >= 15 is 0 Å².